The SMILES string of the molecule is CCC(C)[C@H]1CSC(=Nc2ccc(Cl)c(C(F)(F)F)c2)N1CC(C)C. The second-order valence-corrected chi connectivity index (χ2v) is 8.26. The zero-order valence-corrected chi connectivity index (χ0v) is 16.5. The second-order valence-electron chi connectivity index (χ2n) is 6.87. The fourth-order valence-electron chi connectivity index (χ4n) is 2.83. The Kier molecular flexibility index (Phi) is 6.71. The molecule has 1 heterocycles. The predicted molar refractivity (Wildman–Crippen MR) is 101 cm³/mol. The van der Waals surface area contributed by atoms with Gasteiger partial charge in [-0.2, -0.15) is 13.2 Å². The highest BCUT2D eigenvalue weighted by molar-refractivity contribution is 8.14. The van der Waals surface area contributed by atoms with Gasteiger partial charge in [-0.25, -0.2) is 4.99 Å². The Balaban J connectivity index is 2.35. The Morgan fingerprint density at radius 2 is 2.00 bits per heavy atom. The Labute approximate surface area is 156 Å². The van der Waals surface area contributed by atoms with E-state index in [1.165, 1.54) is 12.1 Å². The van der Waals surface area contributed by atoms with Crippen LogP contribution in [0.25, 0.3) is 0 Å². The molecular formula is C18H24ClF3N2S. The number of hydrogen-bond acceptors (Lipinski definition) is 2. The summed E-state index contributed by atoms with van der Waals surface area (Å²) in [4.78, 5) is 6.78. The summed E-state index contributed by atoms with van der Waals surface area (Å²) in [6, 6.07) is 4.20. The van der Waals surface area contributed by atoms with Crippen molar-refractivity contribution < 1.29 is 13.2 Å². The molecule has 0 aliphatic carbocycles. The van der Waals surface area contributed by atoms with Crippen molar-refractivity contribution in [3.05, 3.63) is 28.8 Å². The summed E-state index contributed by atoms with van der Waals surface area (Å²) in [6.45, 7) is 9.50. The van der Waals surface area contributed by atoms with Gasteiger partial charge in [0.1, 0.15) is 0 Å². The molecule has 0 radical (unpaired) electrons. The summed E-state index contributed by atoms with van der Waals surface area (Å²) in [5.74, 6) is 1.88. The number of alkyl halides is 3. The van der Waals surface area contributed by atoms with Gasteiger partial charge in [0.15, 0.2) is 5.17 Å². The van der Waals surface area contributed by atoms with E-state index in [2.05, 4.69) is 37.6 Å². The molecule has 1 aromatic carbocycles. The molecule has 0 aromatic heterocycles. The zero-order chi connectivity index (χ0) is 18.8. The largest absolute Gasteiger partial charge is 0.417 e. The lowest BCUT2D eigenvalue weighted by molar-refractivity contribution is -0.137. The molecule has 2 rings (SSSR count). The minimum atomic E-state index is -4.48. The smallest absolute Gasteiger partial charge is 0.347 e. The van der Waals surface area contributed by atoms with Crippen molar-refractivity contribution in [2.75, 3.05) is 12.3 Å². The van der Waals surface area contributed by atoms with Gasteiger partial charge in [0.05, 0.1) is 16.3 Å². The van der Waals surface area contributed by atoms with Crippen LogP contribution in [0, 0.1) is 11.8 Å². The first-order valence-corrected chi connectivity index (χ1v) is 9.84. The molecule has 0 amide bonds. The number of halogens is 4. The van der Waals surface area contributed by atoms with Gasteiger partial charge in [-0.3, -0.25) is 0 Å². The Bertz CT molecular complexity index is 631. The molecule has 1 aliphatic heterocycles. The molecule has 2 atom stereocenters. The minimum Gasteiger partial charge on any atom is -0.347 e. The summed E-state index contributed by atoms with van der Waals surface area (Å²) < 4.78 is 39.2. The third-order valence-corrected chi connectivity index (χ3v) is 5.79. The van der Waals surface area contributed by atoms with E-state index < -0.39 is 11.7 Å². The maximum absolute atomic E-state index is 13.1. The third kappa shape index (κ3) is 5.07. The van der Waals surface area contributed by atoms with E-state index in [4.69, 9.17) is 11.6 Å². The van der Waals surface area contributed by atoms with Gasteiger partial charge in [-0.1, -0.05) is 57.5 Å². The molecule has 0 saturated carbocycles. The van der Waals surface area contributed by atoms with Gasteiger partial charge in [-0.05, 0) is 30.0 Å². The Hall–Kier alpha value is -0.880. The average Bonchev–Trinajstić information content (AvgIpc) is 2.89. The quantitative estimate of drug-likeness (QED) is 0.571. The van der Waals surface area contributed by atoms with E-state index in [0.717, 1.165) is 30.0 Å². The molecule has 0 spiro atoms. The fraction of sp³-hybridized carbons (Fsp3) is 0.611. The lowest BCUT2D eigenvalue weighted by atomic mass is 9.99. The van der Waals surface area contributed by atoms with Crippen LogP contribution in [0.15, 0.2) is 23.2 Å². The molecule has 25 heavy (non-hydrogen) atoms. The number of amidine groups is 1. The van der Waals surface area contributed by atoms with Crippen molar-refractivity contribution >= 4 is 34.2 Å². The zero-order valence-electron chi connectivity index (χ0n) is 14.9. The van der Waals surface area contributed by atoms with Crippen LogP contribution < -0.4 is 0 Å². The lowest BCUT2D eigenvalue weighted by Crippen LogP contribution is -2.40. The van der Waals surface area contributed by atoms with E-state index in [9.17, 15) is 13.2 Å². The van der Waals surface area contributed by atoms with Crippen LogP contribution in [0.4, 0.5) is 18.9 Å². The van der Waals surface area contributed by atoms with Crippen LogP contribution >= 0.6 is 23.4 Å². The Morgan fingerprint density at radius 1 is 1.32 bits per heavy atom. The number of rotatable bonds is 5. The van der Waals surface area contributed by atoms with Crippen LogP contribution in [0.2, 0.25) is 5.02 Å². The van der Waals surface area contributed by atoms with E-state index in [-0.39, 0.29) is 10.7 Å². The second kappa shape index (κ2) is 8.21. The fourth-order valence-corrected chi connectivity index (χ4v) is 4.43. The van der Waals surface area contributed by atoms with Crippen LogP contribution in [0.5, 0.6) is 0 Å². The van der Waals surface area contributed by atoms with Crippen LogP contribution in [-0.2, 0) is 6.18 Å². The van der Waals surface area contributed by atoms with Crippen LogP contribution in [0.3, 0.4) is 0 Å². The number of nitrogens with zero attached hydrogens (tertiary/aromatic N) is 2. The normalized spacial score (nSPS) is 21.4. The van der Waals surface area contributed by atoms with Crippen molar-refractivity contribution in [1.82, 2.24) is 4.90 Å². The van der Waals surface area contributed by atoms with E-state index >= 15 is 0 Å². The maximum Gasteiger partial charge on any atom is 0.417 e. The molecule has 2 nitrogen and oxygen atoms in total. The van der Waals surface area contributed by atoms with E-state index in [1.54, 1.807) is 11.8 Å². The average molecular weight is 393 g/mol. The minimum absolute atomic E-state index is 0.290. The highest BCUT2D eigenvalue weighted by Gasteiger charge is 2.35. The van der Waals surface area contributed by atoms with E-state index in [1.807, 2.05) is 0 Å². The first kappa shape index (κ1) is 20.4. The molecule has 1 aliphatic rings. The molecule has 0 bridgehead atoms. The van der Waals surface area contributed by atoms with Gasteiger partial charge in [0.2, 0.25) is 0 Å². The number of hydrogen-bond donors (Lipinski definition) is 0. The third-order valence-electron chi connectivity index (χ3n) is 4.37. The summed E-state index contributed by atoms with van der Waals surface area (Å²) in [6.07, 6.45) is -3.42. The monoisotopic (exact) mass is 392 g/mol. The highest BCUT2D eigenvalue weighted by Crippen LogP contribution is 2.38. The van der Waals surface area contributed by atoms with E-state index in [0.29, 0.717) is 17.9 Å². The molecule has 1 unspecified atom stereocenters. The van der Waals surface area contributed by atoms with Crippen molar-refractivity contribution in [2.24, 2.45) is 16.8 Å². The van der Waals surface area contributed by atoms with Gasteiger partial charge in [0.25, 0.3) is 0 Å². The summed E-state index contributed by atoms with van der Waals surface area (Å²) in [5.41, 5.74) is -0.550. The Morgan fingerprint density at radius 3 is 2.56 bits per heavy atom. The van der Waals surface area contributed by atoms with Crippen molar-refractivity contribution in [3.63, 3.8) is 0 Å². The molecule has 7 heteroatoms. The predicted octanol–water partition coefficient (Wildman–Crippen LogP) is 6.47. The summed E-state index contributed by atoms with van der Waals surface area (Å²) >= 11 is 7.31. The molecule has 1 saturated heterocycles. The lowest BCUT2D eigenvalue weighted by Gasteiger charge is -2.31. The number of aliphatic imine (C=N–C) groups is 1. The molecular weight excluding hydrogens is 369 g/mol. The van der Waals surface area contributed by atoms with Gasteiger partial charge >= 0.3 is 6.18 Å². The topological polar surface area (TPSA) is 15.6 Å². The number of thioether (sulfide) groups is 1. The molecule has 1 fully saturated rings. The standard InChI is InChI=1S/C18H24ClF3N2S/c1-5-12(4)16-10-25-17(24(16)9-11(2)3)23-13-6-7-15(19)14(8-13)18(20,21)22/h6-8,11-12,16H,5,9-10H2,1-4H3/t12?,16-/m1/s1. The van der Waals surface area contributed by atoms with Crippen molar-refractivity contribution in [3.8, 4) is 0 Å². The van der Waals surface area contributed by atoms with Gasteiger partial charge in [-0.15, -0.1) is 0 Å². The van der Waals surface area contributed by atoms with Crippen LogP contribution in [0.1, 0.15) is 39.7 Å². The first-order chi connectivity index (χ1) is 11.6. The van der Waals surface area contributed by atoms with Crippen LogP contribution in [-0.4, -0.2) is 28.4 Å². The summed E-state index contributed by atoms with van der Waals surface area (Å²) in [5, 5.41) is 0.501. The number of benzene rings is 1. The van der Waals surface area contributed by atoms with Gasteiger partial charge in [0, 0.05) is 18.3 Å². The van der Waals surface area contributed by atoms with Crippen molar-refractivity contribution in [1.29, 1.82) is 0 Å². The highest BCUT2D eigenvalue weighted by atomic mass is 35.5. The van der Waals surface area contributed by atoms with Crippen molar-refractivity contribution in [2.45, 2.75) is 46.3 Å². The maximum atomic E-state index is 13.1. The first-order valence-electron chi connectivity index (χ1n) is 8.48. The molecule has 1 aromatic rings. The molecule has 0 N–H and O–H groups in total. The van der Waals surface area contributed by atoms with Gasteiger partial charge < -0.3 is 4.90 Å². The summed E-state index contributed by atoms with van der Waals surface area (Å²) in [7, 11) is 0. The molecule has 140 valence electrons.